The fourth-order valence-electron chi connectivity index (χ4n) is 2.99. The van der Waals surface area contributed by atoms with Crippen molar-refractivity contribution in [3.05, 3.63) is 35.6 Å². The van der Waals surface area contributed by atoms with E-state index in [9.17, 15) is 9.50 Å². The molecule has 1 fully saturated rings. The van der Waals surface area contributed by atoms with E-state index in [2.05, 4.69) is 13.8 Å². The lowest BCUT2D eigenvalue weighted by Gasteiger charge is -2.34. The summed E-state index contributed by atoms with van der Waals surface area (Å²) in [5.41, 5.74) is 0.635. The van der Waals surface area contributed by atoms with E-state index in [-0.39, 0.29) is 5.82 Å². The minimum atomic E-state index is -0.406. The molecule has 0 amide bonds. The minimum Gasteiger partial charge on any atom is -0.392 e. The summed E-state index contributed by atoms with van der Waals surface area (Å²) in [7, 11) is 0. The van der Waals surface area contributed by atoms with Gasteiger partial charge in [-0.1, -0.05) is 38.5 Å². The molecule has 4 atom stereocenters. The van der Waals surface area contributed by atoms with Crippen molar-refractivity contribution in [1.29, 1.82) is 0 Å². The molecule has 18 heavy (non-hydrogen) atoms. The zero-order valence-corrected chi connectivity index (χ0v) is 11.3. The molecular weight excluding hydrogens is 227 g/mol. The molecule has 100 valence electrons. The van der Waals surface area contributed by atoms with Crippen molar-refractivity contribution >= 4 is 0 Å². The van der Waals surface area contributed by atoms with Gasteiger partial charge in [0.2, 0.25) is 0 Å². The van der Waals surface area contributed by atoms with Gasteiger partial charge >= 0.3 is 0 Å². The third-order valence-corrected chi connectivity index (χ3v) is 4.57. The van der Waals surface area contributed by atoms with Crippen molar-refractivity contribution in [3.8, 4) is 0 Å². The van der Waals surface area contributed by atoms with E-state index in [1.165, 1.54) is 12.5 Å². The normalized spacial score (nSPS) is 30.1. The van der Waals surface area contributed by atoms with Gasteiger partial charge in [0, 0.05) is 6.42 Å². The van der Waals surface area contributed by atoms with Crippen LogP contribution in [0.1, 0.15) is 38.7 Å². The Labute approximate surface area is 109 Å². The van der Waals surface area contributed by atoms with Crippen LogP contribution >= 0.6 is 0 Å². The van der Waals surface area contributed by atoms with Crippen LogP contribution in [0, 0.1) is 23.6 Å². The number of aliphatic hydroxyl groups excluding tert-OH is 1. The van der Waals surface area contributed by atoms with Crippen LogP contribution in [-0.4, -0.2) is 11.2 Å². The molecule has 0 aliphatic heterocycles. The molecule has 0 aromatic heterocycles. The largest absolute Gasteiger partial charge is 0.392 e. The van der Waals surface area contributed by atoms with Gasteiger partial charge in [-0.15, -0.1) is 0 Å². The fourth-order valence-corrected chi connectivity index (χ4v) is 2.99. The highest BCUT2D eigenvalue weighted by Gasteiger charge is 2.29. The van der Waals surface area contributed by atoms with E-state index >= 15 is 0 Å². The lowest BCUT2D eigenvalue weighted by molar-refractivity contribution is 0.0564. The highest BCUT2D eigenvalue weighted by molar-refractivity contribution is 5.18. The summed E-state index contributed by atoms with van der Waals surface area (Å²) < 4.78 is 13.5. The van der Waals surface area contributed by atoms with Crippen molar-refractivity contribution in [2.75, 3.05) is 0 Å². The van der Waals surface area contributed by atoms with Crippen LogP contribution in [0.5, 0.6) is 0 Å². The molecule has 1 nitrogen and oxygen atoms in total. The number of hydrogen-bond donors (Lipinski definition) is 1. The van der Waals surface area contributed by atoms with E-state index < -0.39 is 6.10 Å². The first-order chi connectivity index (χ1) is 8.58. The topological polar surface area (TPSA) is 20.2 Å². The Balaban J connectivity index is 1.96. The predicted octanol–water partition coefficient (Wildman–Crippen LogP) is 3.80. The lowest BCUT2D eigenvalue weighted by Crippen LogP contribution is -2.31. The van der Waals surface area contributed by atoms with Crippen LogP contribution in [0.25, 0.3) is 0 Å². The van der Waals surface area contributed by atoms with Gasteiger partial charge in [-0.2, -0.15) is 0 Å². The van der Waals surface area contributed by atoms with Crippen molar-refractivity contribution in [2.24, 2.45) is 17.8 Å². The van der Waals surface area contributed by atoms with Crippen molar-refractivity contribution in [3.63, 3.8) is 0 Å². The second kappa shape index (κ2) is 5.83. The maximum absolute atomic E-state index is 13.5. The summed E-state index contributed by atoms with van der Waals surface area (Å²) in [5, 5.41) is 10.3. The summed E-state index contributed by atoms with van der Waals surface area (Å²) in [6.45, 7) is 4.54. The second-order valence-electron chi connectivity index (χ2n) is 5.89. The molecule has 2 rings (SSSR count). The predicted molar refractivity (Wildman–Crippen MR) is 71.8 cm³/mol. The van der Waals surface area contributed by atoms with E-state index in [1.54, 1.807) is 12.1 Å². The van der Waals surface area contributed by atoms with E-state index in [4.69, 9.17) is 0 Å². The van der Waals surface area contributed by atoms with Crippen molar-refractivity contribution < 1.29 is 9.50 Å². The average Bonchev–Trinajstić information content (AvgIpc) is 2.35. The second-order valence-corrected chi connectivity index (χ2v) is 5.89. The number of rotatable bonds is 3. The van der Waals surface area contributed by atoms with Crippen LogP contribution in [0.4, 0.5) is 4.39 Å². The van der Waals surface area contributed by atoms with Gasteiger partial charge < -0.3 is 5.11 Å². The molecule has 4 unspecified atom stereocenters. The number of aliphatic hydroxyl groups is 1. The van der Waals surface area contributed by atoms with Crippen LogP contribution in [0.15, 0.2) is 24.3 Å². The Kier molecular flexibility index (Phi) is 4.39. The van der Waals surface area contributed by atoms with E-state index in [0.717, 1.165) is 18.8 Å². The van der Waals surface area contributed by atoms with Crippen LogP contribution in [0.3, 0.4) is 0 Å². The molecule has 1 aliphatic carbocycles. The van der Waals surface area contributed by atoms with Crippen LogP contribution in [0.2, 0.25) is 0 Å². The quantitative estimate of drug-likeness (QED) is 0.865. The Morgan fingerprint density at radius 1 is 1.22 bits per heavy atom. The molecule has 1 aromatic carbocycles. The average molecular weight is 250 g/mol. The first kappa shape index (κ1) is 13.5. The highest BCUT2D eigenvalue weighted by Crippen LogP contribution is 2.35. The Morgan fingerprint density at radius 2 is 1.94 bits per heavy atom. The Morgan fingerprint density at radius 3 is 2.61 bits per heavy atom. The molecular formula is C16H23FO. The molecule has 0 spiro atoms. The fraction of sp³-hybridized carbons (Fsp3) is 0.625. The van der Waals surface area contributed by atoms with Crippen LogP contribution in [-0.2, 0) is 6.42 Å². The first-order valence-electron chi connectivity index (χ1n) is 6.99. The summed E-state index contributed by atoms with van der Waals surface area (Å²) >= 11 is 0. The van der Waals surface area contributed by atoms with Gasteiger partial charge in [-0.05, 0) is 42.2 Å². The zero-order chi connectivity index (χ0) is 13.1. The molecule has 1 N–H and O–H groups in total. The van der Waals surface area contributed by atoms with E-state index in [1.807, 2.05) is 6.07 Å². The van der Waals surface area contributed by atoms with Crippen LogP contribution < -0.4 is 0 Å². The maximum Gasteiger partial charge on any atom is 0.126 e. The Bertz CT molecular complexity index is 390. The van der Waals surface area contributed by atoms with Gasteiger partial charge in [-0.25, -0.2) is 4.39 Å². The standard InChI is InChI=1S/C16H23FO/c1-11-7-8-14(9-12(11)2)16(18)10-13-5-3-4-6-15(13)17/h3-6,11-12,14,16,18H,7-10H2,1-2H3. The highest BCUT2D eigenvalue weighted by atomic mass is 19.1. The molecule has 0 bridgehead atoms. The molecule has 0 radical (unpaired) electrons. The minimum absolute atomic E-state index is 0.200. The van der Waals surface area contributed by atoms with Gasteiger partial charge in [0.25, 0.3) is 0 Å². The SMILES string of the molecule is CC1CCC(C(O)Cc2ccccc2F)CC1C. The molecule has 1 saturated carbocycles. The third-order valence-electron chi connectivity index (χ3n) is 4.57. The van der Waals surface area contributed by atoms with Gasteiger partial charge in [0.05, 0.1) is 6.10 Å². The molecule has 0 saturated heterocycles. The maximum atomic E-state index is 13.5. The molecule has 1 aliphatic rings. The summed E-state index contributed by atoms with van der Waals surface area (Å²) in [5.74, 6) is 1.55. The van der Waals surface area contributed by atoms with Gasteiger partial charge in [0.1, 0.15) is 5.82 Å². The lowest BCUT2D eigenvalue weighted by atomic mass is 9.73. The van der Waals surface area contributed by atoms with Crippen molar-refractivity contribution in [2.45, 2.75) is 45.6 Å². The summed E-state index contributed by atoms with van der Waals surface area (Å²) in [6, 6.07) is 6.76. The van der Waals surface area contributed by atoms with Crippen molar-refractivity contribution in [1.82, 2.24) is 0 Å². The molecule has 1 aromatic rings. The number of hydrogen-bond acceptors (Lipinski definition) is 1. The molecule has 0 heterocycles. The van der Waals surface area contributed by atoms with Gasteiger partial charge in [-0.3, -0.25) is 0 Å². The first-order valence-corrected chi connectivity index (χ1v) is 6.99. The van der Waals surface area contributed by atoms with E-state index in [0.29, 0.717) is 23.8 Å². The zero-order valence-electron chi connectivity index (χ0n) is 11.3. The number of benzene rings is 1. The summed E-state index contributed by atoms with van der Waals surface area (Å²) in [6.07, 6.45) is 3.35. The van der Waals surface area contributed by atoms with Gasteiger partial charge in [0.15, 0.2) is 0 Å². The Hall–Kier alpha value is -0.890. The number of halogens is 1. The smallest absolute Gasteiger partial charge is 0.126 e. The molecule has 2 heteroatoms. The monoisotopic (exact) mass is 250 g/mol. The summed E-state index contributed by atoms with van der Waals surface area (Å²) in [4.78, 5) is 0. The third kappa shape index (κ3) is 3.11.